The molecule has 0 unspecified atom stereocenters. The van der Waals surface area contributed by atoms with Gasteiger partial charge in [-0.3, -0.25) is 0 Å². The van der Waals surface area contributed by atoms with Crippen LogP contribution in [0.3, 0.4) is 0 Å². The zero-order valence-corrected chi connectivity index (χ0v) is 8.48. The topological polar surface area (TPSA) is 55.0 Å². The fraction of sp³-hybridized carbons (Fsp3) is 0.600. The van der Waals surface area contributed by atoms with E-state index in [0.29, 0.717) is 6.04 Å². The van der Waals surface area contributed by atoms with Crippen molar-refractivity contribution in [2.45, 2.75) is 25.8 Å². The van der Waals surface area contributed by atoms with Crippen LogP contribution in [0.25, 0.3) is 0 Å². The lowest BCUT2D eigenvalue weighted by Crippen LogP contribution is -2.43. The van der Waals surface area contributed by atoms with E-state index in [-0.39, 0.29) is 0 Å². The Hall–Kier alpha value is -1.16. The van der Waals surface area contributed by atoms with Gasteiger partial charge in [0, 0.05) is 25.3 Å². The highest BCUT2D eigenvalue weighted by Gasteiger charge is 2.17. The monoisotopic (exact) mass is 192 g/mol. The number of rotatable bonds is 1. The van der Waals surface area contributed by atoms with Crippen molar-refractivity contribution in [3.05, 3.63) is 18.1 Å². The molecule has 1 aromatic rings. The smallest absolute Gasteiger partial charge is 0.132 e. The fourth-order valence-electron chi connectivity index (χ4n) is 1.84. The summed E-state index contributed by atoms with van der Waals surface area (Å²) >= 11 is 0. The lowest BCUT2D eigenvalue weighted by Gasteiger charge is -2.31. The predicted molar refractivity (Wildman–Crippen MR) is 56.2 cm³/mol. The summed E-state index contributed by atoms with van der Waals surface area (Å²) < 4.78 is 0. The molecule has 1 aliphatic rings. The number of piperidine rings is 1. The van der Waals surface area contributed by atoms with Gasteiger partial charge in [0.05, 0.1) is 0 Å². The zero-order chi connectivity index (χ0) is 9.97. The number of hydrogen-bond acceptors (Lipinski definition) is 4. The highest BCUT2D eigenvalue weighted by molar-refractivity contribution is 5.38. The third kappa shape index (κ3) is 2.01. The van der Waals surface area contributed by atoms with Crippen molar-refractivity contribution in [1.29, 1.82) is 0 Å². The highest BCUT2D eigenvalue weighted by atomic mass is 15.2. The first kappa shape index (κ1) is 9.40. The molecule has 4 nitrogen and oxygen atoms in total. The quantitative estimate of drug-likeness (QED) is 0.712. The molecule has 0 amide bonds. The normalized spacial score (nSPS) is 22.4. The first-order valence-electron chi connectivity index (χ1n) is 5.06. The molecule has 76 valence electrons. The van der Waals surface area contributed by atoms with Crippen LogP contribution in [0.4, 0.5) is 5.82 Å². The molecule has 1 fully saturated rings. The van der Waals surface area contributed by atoms with Crippen LogP contribution in [0.15, 0.2) is 12.3 Å². The summed E-state index contributed by atoms with van der Waals surface area (Å²) in [6.45, 7) is 3.88. The predicted octanol–water partition coefficient (Wildman–Crippen LogP) is 0.713. The maximum absolute atomic E-state index is 5.92. The summed E-state index contributed by atoms with van der Waals surface area (Å²) in [4.78, 5) is 10.7. The van der Waals surface area contributed by atoms with E-state index in [1.165, 1.54) is 0 Å². The van der Waals surface area contributed by atoms with E-state index < -0.39 is 0 Å². The molecule has 14 heavy (non-hydrogen) atoms. The van der Waals surface area contributed by atoms with Gasteiger partial charge in [-0.05, 0) is 25.8 Å². The van der Waals surface area contributed by atoms with Gasteiger partial charge in [-0.1, -0.05) is 0 Å². The second-order valence-corrected chi connectivity index (χ2v) is 3.81. The van der Waals surface area contributed by atoms with Crippen molar-refractivity contribution in [2.24, 2.45) is 5.73 Å². The summed E-state index contributed by atoms with van der Waals surface area (Å²) in [6.07, 6.45) is 4.09. The Balaban J connectivity index is 2.14. The average molecular weight is 192 g/mol. The van der Waals surface area contributed by atoms with Gasteiger partial charge in [0.1, 0.15) is 11.6 Å². The fourth-order valence-corrected chi connectivity index (χ4v) is 1.84. The Kier molecular flexibility index (Phi) is 2.63. The summed E-state index contributed by atoms with van der Waals surface area (Å²) in [5.74, 6) is 1.83. The molecular weight excluding hydrogens is 176 g/mol. The second kappa shape index (κ2) is 3.92. The molecule has 0 bridgehead atoms. The molecule has 0 aromatic carbocycles. The largest absolute Gasteiger partial charge is 0.355 e. The zero-order valence-electron chi connectivity index (χ0n) is 8.48. The lowest BCUT2D eigenvalue weighted by molar-refractivity contribution is 0.502. The molecule has 4 heteroatoms. The Bertz CT molecular complexity index is 313. The number of nitrogens with two attached hydrogens (primary N) is 1. The Morgan fingerprint density at radius 3 is 3.14 bits per heavy atom. The molecule has 0 radical (unpaired) electrons. The Morgan fingerprint density at radius 1 is 1.57 bits per heavy atom. The summed E-state index contributed by atoms with van der Waals surface area (Å²) in [5.41, 5.74) is 5.92. The molecule has 1 aromatic heterocycles. The van der Waals surface area contributed by atoms with Crippen molar-refractivity contribution < 1.29 is 0 Å². The maximum atomic E-state index is 5.92. The van der Waals surface area contributed by atoms with Crippen molar-refractivity contribution in [1.82, 2.24) is 9.97 Å². The van der Waals surface area contributed by atoms with Gasteiger partial charge in [0.15, 0.2) is 0 Å². The van der Waals surface area contributed by atoms with Crippen LogP contribution >= 0.6 is 0 Å². The van der Waals surface area contributed by atoms with Crippen LogP contribution in [0, 0.1) is 6.92 Å². The third-order valence-corrected chi connectivity index (χ3v) is 2.54. The summed E-state index contributed by atoms with van der Waals surface area (Å²) in [5, 5.41) is 0. The van der Waals surface area contributed by atoms with E-state index in [0.717, 1.165) is 37.6 Å². The molecule has 1 atom stereocenters. The van der Waals surface area contributed by atoms with Crippen LogP contribution in [0.5, 0.6) is 0 Å². The minimum atomic E-state index is 0.291. The Morgan fingerprint density at radius 2 is 2.43 bits per heavy atom. The molecule has 0 spiro atoms. The third-order valence-electron chi connectivity index (χ3n) is 2.54. The minimum Gasteiger partial charge on any atom is -0.355 e. The van der Waals surface area contributed by atoms with E-state index in [4.69, 9.17) is 5.73 Å². The minimum absolute atomic E-state index is 0.291. The molecule has 1 aliphatic heterocycles. The maximum Gasteiger partial charge on any atom is 0.132 e. The van der Waals surface area contributed by atoms with Gasteiger partial charge in [-0.2, -0.15) is 0 Å². The SMILES string of the molecule is Cc1nccc(N2CCC[C@@H](N)C2)n1. The first-order chi connectivity index (χ1) is 6.75. The average Bonchev–Trinajstić information content (AvgIpc) is 2.18. The van der Waals surface area contributed by atoms with Crippen LogP contribution < -0.4 is 10.6 Å². The van der Waals surface area contributed by atoms with Gasteiger partial charge < -0.3 is 10.6 Å². The molecule has 1 saturated heterocycles. The second-order valence-electron chi connectivity index (χ2n) is 3.81. The molecular formula is C10H16N4. The van der Waals surface area contributed by atoms with E-state index in [2.05, 4.69) is 14.9 Å². The Labute approximate surface area is 84.2 Å². The highest BCUT2D eigenvalue weighted by Crippen LogP contribution is 2.16. The van der Waals surface area contributed by atoms with Crippen LogP contribution in [0.2, 0.25) is 0 Å². The number of nitrogens with zero attached hydrogens (tertiary/aromatic N) is 3. The van der Waals surface area contributed by atoms with E-state index in [1.54, 1.807) is 6.20 Å². The molecule has 0 saturated carbocycles. The van der Waals surface area contributed by atoms with Crippen molar-refractivity contribution in [3.63, 3.8) is 0 Å². The van der Waals surface area contributed by atoms with Gasteiger partial charge >= 0.3 is 0 Å². The number of aromatic nitrogens is 2. The molecule has 2 rings (SSSR count). The number of aryl methyl sites for hydroxylation is 1. The van der Waals surface area contributed by atoms with Gasteiger partial charge in [0.25, 0.3) is 0 Å². The standard InChI is InChI=1S/C10H16N4/c1-8-12-5-4-10(13-8)14-6-2-3-9(11)7-14/h4-5,9H,2-3,6-7,11H2,1H3/t9-/m1/s1. The van der Waals surface area contributed by atoms with Gasteiger partial charge in [0.2, 0.25) is 0 Å². The summed E-state index contributed by atoms with van der Waals surface area (Å²) in [6, 6.07) is 2.24. The number of anilines is 1. The van der Waals surface area contributed by atoms with Crippen molar-refractivity contribution >= 4 is 5.82 Å². The van der Waals surface area contributed by atoms with Gasteiger partial charge in [-0.15, -0.1) is 0 Å². The van der Waals surface area contributed by atoms with Crippen molar-refractivity contribution in [3.8, 4) is 0 Å². The van der Waals surface area contributed by atoms with Crippen LogP contribution in [0.1, 0.15) is 18.7 Å². The first-order valence-corrected chi connectivity index (χ1v) is 5.06. The molecule has 0 aliphatic carbocycles. The molecule has 2 N–H and O–H groups in total. The summed E-state index contributed by atoms with van der Waals surface area (Å²) in [7, 11) is 0. The van der Waals surface area contributed by atoms with Crippen LogP contribution in [-0.2, 0) is 0 Å². The van der Waals surface area contributed by atoms with E-state index in [9.17, 15) is 0 Å². The van der Waals surface area contributed by atoms with Crippen LogP contribution in [-0.4, -0.2) is 29.1 Å². The van der Waals surface area contributed by atoms with E-state index in [1.807, 2.05) is 13.0 Å². The molecule has 2 heterocycles. The van der Waals surface area contributed by atoms with Gasteiger partial charge in [-0.25, -0.2) is 9.97 Å². The van der Waals surface area contributed by atoms with E-state index >= 15 is 0 Å². The number of hydrogen-bond donors (Lipinski definition) is 1. The van der Waals surface area contributed by atoms with Crippen molar-refractivity contribution in [2.75, 3.05) is 18.0 Å². The lowest BCUT2D eigenvalue weighted by atomic mass is 10.1.